The van der Waals surface area contributed by atoms with Crippen molar-refractivity contribution in [3.63, 3.8) is 0 Å². The molecule has 0 aliphatic heterocycles. The Kier molecular flexibility index (Phi) is 7.25. The van der Waals surface area contributed by atoms with Gasteiger partial charge in [-0.15, -0.1) is 0 Å². The monoisotopic (exact) mass is 425 g/mol. The molecule has 0 aromatic heterocycles. The van der Waals surface area contributed by atoms with Gasteiger partial charge in [0, 0.05) is 10.7 Å². The van der Waals surface area contributed by atoms with Crippen LogP contribution < -0.4 is 10.1 Å². The molecule has 0 spiro atoms. The van der Waals surface area contributed by atoms with Crippen molar-refractivity contribution in [2.24, 2.45) is 0 Å². The maximum absolute atomic E-state index is 12.5. The number of benzene rings is 2. The van der Waals surface area contributed by atoms with Gasteiger partial charge in [-0.25, -0.2) is 9.59 Å². The molecular formula is C19H17Cl2NO6. The third kappa shape index (κ3) is 5.37. The van der Waals surface area contributed by atoms with Gasteiger partial charge in [0.25, 0.3) is 5.91 Å². The number of carbonyl (C=O) groups is 3. The predicted octanol–water partition coefficient (Wildman–Crippen LogP) is 3.97. The van der Waals surface area contributed by atoms with Gasteiger partial charge in [0.2, 0.25) is 0 Å². The van der Waals surface area contributed by atoms with E-state index in [4.69, 9.17) is 27.9 Å². The molecule has 0 heterocycles. The second-order valence-electron chi connectivity index (χ2n) is 5.61. The van der Waals surface area contributed by atoms with Crippen LogP contribution in [0.4, 0.5) is 5.69 Å². The minimum atomic E-state index is -0.929. The number of carbonyl (C=O) groups excluding carboxylic acids is 3. The molecule has 0 aliphatic rings. The summed E-state index contributed by atoms with van der Waals surface area (Å²) in [6.45, 7) is 1.52. The third-order valence-electron chi connectivity index (χ3n) is 3.61. The summed E-state index contributed by atoms with van der Waals surface area (Å²) in [5.74, 6) is -1.58. The number of hydrogen-bond donors (Lipinski definition) is 1. The molecular weight excluding hydrogens is 409 g/mol. The number of halogens is 2. The number of amides is 1. The summed E-state index contributed by atoms with van der Waals surface area (Å²) in [6.07, 6.45) is -0.929. The van der Waals surface area contributed by atoms with Gasteiger partial charge in [0.05, 0.1) is 30.4 Å². The van der Waals surface area contributed by atoms with Crippen LogP contribution in [-0.4, -0.2) is 38.2 Å². The van der Waals surface area contributed by atoms with Gasteiger partial charge in [-0.1, -0.05) is 23.2 Å². The molecule has 1 atom stereocenters. The van der Waals surface area contributed by atoms with Gasteiger partial charge >= 0.3 is 11.9 Å². The molecule has 28 heavy (non-hydrogen) atoms. The third-order valence-corrected chi connectivity index (χ3v) is 4.14. The van der Waals surface area contributed by atoms with Crippen LogP contribution in [0, 0.1) is 0 Å². The quantitative estimate of drug-likeness (QED) is 0.703. The van der Waals surface area contributed by atoms with E-state index in [2.05, 4.69) is 14.8 Å². The van der Waals surface area contributed by atoms with Crippen molar-refractivity contribution in [2.75, 3.05) is 19.5 Å². The molecule has 0 saturated heterocycles. The van der Waals surface area contributed by atoms with Crippen molar-refractivity contribution in [1.29, 1.82) is 0 Å². The molecule has 148 valence electrons. The second kappa shape index (κ2) is 9.43. The van der Waals surface area contributed by atoms with E-state index < -0.39 is 23.9 Å². The Morgan fingerprint density at radius 3 is 2.00 bits per heavy atom. The standard InChI is InChI=1S/C19H17Cl2NO6/c1-10(28-16-5-4-13(20)9-15(16)21)17(23)22-14-7-11(18(24)26-2)6-12(8-14)19(25)27-3/h4-10H,1-3H3,(H,22,23)/t10-/m1/s1. The van der Waals surface area contributed by atoms with Crippen molar-refractivity contribution >= 4 is 46.7 Å². The molecule has 0 bridgehead atoms. The Morgan fingerprint density at radius 1 is 0.929 bits per heavy atom. The summed E-state index contributed by atoms with van der Waals surface area (Å²) >= 11 is 11.9. The fraction of sp³-hybridized carbons (Fsp3) is 0.211. The molecule has 0 aliphatic carbocycles. The molecule has 0 unspecified atom stereocenters. The van der Waals surface area contributed by atoms with Gasteiger partial charge in [-0.2, -0.15) is 0 Å². The highest BCUT2D eigenvalue weighted by atomic mass is 35.5. The minimum absolute atomic E-state index is 0.0787. The molecule has 7 nitrogen and oxygen atoms in total. The average molecular weight is 426 g/mol. The zero-order chi connectivity index (χ0) is 20.8. The van der Waals surface area contributed by atoms with Gasteiger partial charge < -0.3 is 19.5 Å². The van der Waals surface area contributed by atoms with Gasteiger partial charge in [-0.05, 0) is 43.3 Å². The Hall–Kier alpha value is -2.77. The van der Waals surface area contributed by atoms with Crippen LogP contribution in [0.1, 0.15) is 27.6 Å². The SMILES string of the molecule is COC(=O)c1cc(NC(=O)[C@@H](C)Oc2ccc(Cl)cc2Cl)cc(C(=O)OC)c1. The van der Waals surface area contributed by atoms with Crippen LogP contribution in [0.3, 0.4) is 0 Å². The summed E-state index contributed by atoms with van der Waals surface area (Å²) in [5.41, 5.74) is 0.357. The highest BCUT2D eigenvalue weighted by molar-refractivity contribution is 6.35. The lowest BCUT2D eigenvalue weighted by Crippen LogP contribution is -2.30. The molecule has 0 radical (unpaired) electrons. The largest absolute Gasteiger partial charge is 0.479 e. The lowest BCUT2D eigenvalue weighted by atomic mass is 10.1. The Balaban J connectivity index is 2.21. The van der Waals surface area contributed by atoms with E-state index in [0.717, 1.165) is 0 Å². The number of ether oxygens (including phenoxy) is 3. The van der Waals surface area contributed by atoms with Crippen LogP contribution in [-0.2, 0) is 14.3 Å². The highest BCUT2D eigenvalue weighted by Gasteiger charge is 2.19. The van der Waals surface area contributed by atoms with Gasteiger partial charge in [-0.3, -0.25) is 4.79 Å². The molecule has 2 rings (SSSR count). The summed E-state index contributed by atoms with van der Waals surface area (Å²) in [5, 5.41) is 3.27. The van der Waals surface area contributed by atoms with Gasteiger partial charge in [0.1, 0.15) is 5.75 Å². The minimum Gasteiger partial charge on any atom is -0.479 e. The topological polar surface area (TPSA) is 90.9 Å². The van der Waals surface area contributed by atoms with Gasteiger partial charge in [0.15, 0.2) is 6.10 Å². The van der Waals surface area contributed by atoms with Crippen LogP contribution in [0.2, 0.25) is 10.0 Å². The van der Waals surface area contributed by atoms with Crippen LogP contribution in [0.5, 0.6) is 5.75 Å². The zero-order valence-electron chi connectivity index (χ0n) is 15.2. The van der Waals surface area contributed by atoms with Crippen molar-refractivity contribution in [3.05, 3.63) is 57.6 Å². The molecule has 1 N–H and O–H groups in total. The lowest BCUT2D eigenvalue weighted by Gasteiger charge is -2.16. The van der Waals surface area contributed by atoms with E-state index in [0.29, 0.717) is 5.02 Å². The zero-order valence-corrected chi connectivity index (χ0v) is 16.8. The Morgan fingerprint density at radius 2 is 1.50 bits per heavy atom. The first-order chi connectivity index (χ1) is 13.2. The summed E-state index contributed by atoms with van der Waals surface area (Å²) in [6, 6.07) is 8.67. The van der Waals surface area contributed by atoms with E-state index >= 15 is 0 Å². The number of esters is 2. The lowest BCUT2D eigenvalue weighted by molar-refractivity contribution is -0.122. The fourth-order valence-corrected chi connectivity index (χ4v) is 2.68. The Bertz CT molecular complexity index is 881. The van der Waals surface area contributed by atoms with E-state index in [1.807, 2.05) is 0 Å². The fourth-order valence-electron chi connectivity index (χ4n) is 2.23. The first kappa shape index (κ1) is 21.5. The first-order valence-corrected chi connectivity index (χ1v) is 8.75. The average Bonchev–Trinajstić information content (AvgIpc) is 2.68. The summed E-state index contributed by atoms with van der Waals surface area (Å²) < 4.78 is 14.9. The maximum Gasteiger partial charge on any atom is 0.337 e. The number of nitrogens with one attached hydrogen (secondary N) is 1. The molecule has 0 fully saturated rings. The molecule has 1 amide bonds. The first-order valence-electron chi connectivity index (χ1n) is 7.99. The number of anilines is 1. The van der Waals surface area contributed by atoms with Crippen molar-refractivity contribution in [1.82, 2.24) is 0 Å². The second-order valence-corrected chi connectivity index (χ2v) is 6.45. The maximum atomic E-state index is 12.5. The summed E-state index contributed by atoms with van der Waals surface area (Å²) in [4.78, 5) is 36.1. The van der Waals surface area contributed by atoms with E-state index in [1.54, 1.807) is 12.1 Å². The number of rotatable bonds is 6. The molecule has 9 heteroatoms. The van der Waals surface area contributed by atoms with Crippen LogP contribution in [0.25, 0.3) is 0 Å². The summed E-state index contributed by atoms with van der Waals surface area (Å²) in [7, 11) is 2.41. The van der Waals surface area contributed by atoms with E-state index in [9.17, 15) is 14.4 Å². The normalized spacial score (nSPS) is 11.3. The number of methoxy groups -OCH3 is 2. The molecule has 0 saturated carbocycles. The van der Waals surface area contributed by atoms with Crippen LogP contribution in [0.15, 0.2) is 36.4 Å². The smallest absolute Gasteiger partial charge is 0.337 e. The highest BCUT2D eigenvalue weighted by Crippen LogP contribution is 2.28. The van der Waals surface area contributed by atoms with Crippen molar-refractivity contribution in [2.45, 2.75) is 13.0 Å². The molecule has 2 aromatic carbocycles. The number of hydrogen-bond acceptors (Lipinski definition) is 6. The van der Waals surface area contributed by atoms with Crippen molar-refractivity contribution < 1.29 is 28.6 Å². The molecule has 2 aromatic rings. The Labute approximate surface area is 171 Å². The van der Waals surface area contributed by atoms with Crippen molar-refractivity contribution in [3.8, 4) is 5.75 Å². The van der Waals surface area contributed by atoms with E-state index in [-0.39, 0.29) is 27.6 Å². The van der Waals surface area contributed by atoms with Crippen LogP contribution >= 0.6 is 23.2 Å². The van der Waals surface area contributed by atoms with E-state index in [1.165, 1.54) is 45.4 Å². The predicted molar refractivity (Wildman–Crippen MR) is 104 cm³/mol.